The lowest BCUT2D eigenvalue weighted by molar-refractivity contribution is -0.138. The van der Waals surface area contributed by atoms with E-state index in [-0.39, 0.29) is 12.3 Å². The predicted octanol–water partition coefficient (Wildman–Crippen LogP) is 1.52. The Morgan fingerprint density at radius 1 is 1.39 bits per heavy atom. The maximum absolute atomic E-state index is 11.9. The molecular weight excluding hydrogens is 298 g/mol. The van der Waals surface area contributed by atoms with Crippen molar-refractivity contribution in [2.75, 3.05) is 12.0 Å². The Balaban J connectivity index is 1.77. The van der Waals surface area contributed by atoms with E-state index in [4.69, 9.17) is 4.74 Å². The average molecular weight is 315 g/mol. The molecule has 120 valence electrons. The SMILES string of the molecule is COc1ccc(Cn2cc(N3C(=O)CC[C@H]3C(=O)O)cn2)cc1. The van der Waals surface area contributed by atoms with Crippen LogP contribution in [0.25, 0.3) is 0 Å². The Kier molecular flexibility index (Phi) is 4.01. The van der Waals surface area contributed by atoms with Gasteiger partial charge in [0.1, 0.15) is 11.8 Å². The van der Waals surface area contributed by atoms with Gasteiger partial charge in [-0.05, 0) is 24.1 Å². The van der Waals surface area contributed by atoms with Crippen LogP contribution >= 0.6 is 0 Å². The quantitative estimate of drug-likeness (QED) is 0.904. The van der Waals surface area contributed by atoms with Crippen LogP contribution < -0.4 is 9.64 Å². The first kappa shape index (κ1) is 15.1. The van der Waals surface area contributed by atoms with Gasteiger partial charge in [0.25, 0.3) is 0 Å². The fraction of sp³-hybridized carbons (Fsp3) is 0.312. The molecule has 0 bridgehead atoms. The predicted molar refractivity (Wildman–Crippen MR) is 82.5 cm³/mol. The van der Waals surface area contributed by atoms with Crippen LogP contribution in [-0.2, 0) is 16.1 Å². The van der Waals surface area contributed by atoms with Crippen LogP contribution in [0.3, 0.4) is 0 Å². The molecule has 1 atom stereocenters. The summed E-state index contributed by atoms with van der Waals surface area (Å²) in [6.45, 7) is 0.532. The van der Waals surface area contributed by atoms with Crippen molar-refractivity contribution >= 4 is 17.6 Å². The number of benzene rings is 1. The Labute approximate surface area is 133 Å². The molecule has 1 aromatic heterocycles. The van der Waals surface area contributed by atoms with Crippen molar-refractivity contribution in [1.82, 2.24) is 9.78 Å². The molecule has 1 aliphatic rings. The van der Waals surface area contributed by atoms with Gasteiger partial charge in [-0.15, -0.1) is 0 Å². The van der Waals surface area contributed by atoms with Crippen molar-refractivity contribution in [3.05, 3.63) is 42.2 Å². The summed E-state index contributed by atoms with van der Waals surface area (Å²) in [5, 5.41) is 13.4. The minimum absolute atomic E-state index is 0.179. The van der Waals surface area contributed by atoms with Crippen LogP contribution in [0, 0.1) is 0 Å². The smallest absolute Gasteiger partial charge is 0.326 e. The zero-order valence-electron chi connectivity index (χ0n) is 12.7. The zero-order valence-corrected chi connectivity index (χ0v) is 12.7. The minimum atomic E-state index is -0.987. The summed E-state index contributed by atoms with van der Waals surface area (Å²) in [7, 11) is 1.61. The van der Waals surface area contributed by atoms with E-state index in [1.54, 1.807) is 18.0 Å². The molecule has 1 amide bonds. The number of anilines is 1. The van der Waals surface area contributed by atoms with Crippen LogP contribution in [0.4, 0.5) is 5.69 Å². The van der Waals surface area contributed by atoms with Gasteiger partial charge in [0, 0.05) is 12.6 Å². The van der Waals surface area contributed by atoms with Crippen LogP contribution in [-0.4, -0.2) is 39.9 Å². The number of aromatic nitrogens is 2. The van der Waals surface area contributed by atoms with Crippen LogP contribution in [0.15, 0.2) is 36.7 Å². The van der Waals surface area contributed by atoms with E-state index in [0.29, 0.717) is 18.7 Å². The first-order valence-corrected chi connectivity index (χ1v) is 7.29. The summed E-state index contributed by atoms with van der Waals surface area (Å²) in [5.74, 6) is -0.387. The molecule has 0 unspecified atom stereocenters. The number of carbonyl (C=O) groups is 2. The molecule has 0 aliphatic carbocycles. The van der Waals surface area contributed by atoms with Crippen LogP contribution in [0.5, 0.6) is 5.75 Å². The number of hydrogen-bond donors (Lipinski definition) is 1. The number of carbonyl (C=O) groups excluding carboxylic acids is 1. The third kappa shape index (κ3) is 3.03. The van der Waals surface area contributed by atoms with Gasteiger partial charge in [-0.1, -0.05) is 12.1 Å². The Morgan fingerprint density at radius 3 is 2.78 bits per heavy atom. The largest absolute Gasteiger partial charge is 0.497 e. The van der Waals surface area contributed by atoms with E-state index in [1.165, 1.54) is 11.1 Å². The highest BCUT2D eigenvalue weighted by Gasteiger charge is 2.37. The average Bonchev–Trinajstić information content (AvgIpc) is 3.14. The summed E-state index contributed by atoms with van der Waals surface area (Å²) >= 11 is 0. The number of methoxy groups -OCH3 is 1. The van der Waals surface area contributed by atoms with Crippen LogP contribution in [0.1, 0.15) is 18.4 Å². The van der Waals surface area contributed by atoms with Gasteiger partial charge in [0.05, 0.1) is 25.5 Å². The number of carboxylic acids is 1. The molecule has 1 N–H and O–H groups in total. The Morgan fingerprint density at radius 2 is 2.13 bits per heavy atom. The van der Waals surface area contributed by atoms with Gasteiger partial charge >= 0.3 is 5.97 Å². The molecule has 2 aromatic rings. The monoisotopic (exact) mass is 315 g/mol. The second-order valence-corrected chi connectivity index (χ2v) is 5.40. The summed E-state index contributed by atoms with van der Waals surface area (Å²) in [6.07, 6.45) is 3.81. The molecule has 0 spiro atoms. The summed E-state index contributed by atoms with van der Waals surface area (Å²) < 4.78 is 6.80. The first-order valence-electron chi connectivity index (χ1n) is 7.29. The number of nitrogens with zero attached hydrogens (tertiary/aromatic N) is 3. The fourth-order valence-electron chi connectivity index (χ4n) is 2.72. The lowest BCUT2D eigenvalue weighted by atomic mass is 10.2. The molecule has 3 rings (SSSR count). The Bertz CT molecular complexity index is 723. The number of amides is 1. The fourth-order valence-corrected chi connectivity index (χ4v) is 2.72. The Hall–Kier alpha value is -2.83. The van der Waals surface area contributed by atoms with E-state index < -0.39 is 12.0 Å². The van der Waals surface area contributed by atoms with Crippen molar-refractivity contribution in [3.63, 3.8) is 0 Å². The summed E-state index contributed by atoms with van der Waals surface area (Å²) in [4.78, 5) is 24.5. The molecule has 23 heavy (non-hydrogen) atoms. The topological polar surface area (TPSA) is 84.7 Å². The lowest BCUT2D eigenvalue weighted by Crippen LogP contribution is -2.38. The molecule has 1 aromatic carbocycles. The highest BCUT2D eigenvalue weighted by molar-refractivity contribution is 6.01. The first-order chi connectivity index (χ1) is 11.1. The van der Waals surface area contributed by atoms with E-state index in [1.807, 2.05) is 24.3 Å². The van der Waals surface area contributed by atoms with Gasteiger partial charge in [0.2, 0.25) is 5.91 Å². The van der Waals surface area contributed by atoms with Gasteiger partial charge in [-0.3, -0.25) is 14.4 Å². The molecule has 0 saturated carbocycles. The number of hydrogen-bond acceptors (Lipinski definition) is 4. The van der Waals surface area contributed by atoms with E-state index in [0.717, 1.165) is 11.3 Å². The standard InChI is InChI=1S/C16H17N3O4/c1-23-13-4-2-11(3-5-13)9-18-10-12(8-17-18)19-14(16(21)22)6-7-15(19)20/h2-5,8,10,14H,6-7,9H2,1H3,(H,21,22)/t14-/m0/s1. The maximum Gasteiger partial charge on any atom is 0.326 e. The number of rotatable bonds is 5. The lowest BCUT2D eigenvalue weighted by Gasteiger charge is -2.19. The number of carboxylic acid groups (broad SMARTS) is 1. The molecule has 1 saturated heterocycles. The minimum Gasteiger partial charge on any atom is -0.497 e. The molecule has 0 radical (unpaired) electrons. The zero-order chi connectivity index (χ0) is 16.4. The van der Waals surface area contributed by atoms with Gasteiger partial charge in [-0.25, -0.2) is 4.79 Å². The second kappa shape index (κ2) is 6.12. The van der Waals surface area contributed by atoms with Gasteiger partial charge in [0.15, 0.2) is 0 Å². The molecule has 7 heteroatoms. The van der Waals surface area contributed by atoms with Gasteiger partial charge < -0.3 is 9.84 Å². The molecular formula is C16H17N3O4. The molecule has 2 heterocycles. The summed E-state index contributed by atoms with van der Waals surface area (Å²) in [6, 6.07) is 6.79. The van der Waals surface area contributed by atoms with Gasteiger partial charge in [-0.2, -0.15) is 5.10 Å². The van der Waals surface area contributed by atoms with Crippen LogP contribution in [0.2, 0.25) is 0 Å². The van der Waals surface area contributed by atoms with Crippen molar-refractivity contribution in [2.45, 2.75) is 25.4 Å². The van der Waals surface area contributed by atoms with E-state index in [2.05, 4.69) is 5.10 Å². The number of ether oxygens (including phenoxy) is 1. The second-order valence-electron chi connectivity index (χ2n) is 5.40. The normalized spacial score (nSPS) is 17.5. The van der Waals surface area contributed by atoms with E-state index in [9.17, 15) is 14.7 Å². The highest BCUT2D eigenvalue weighted by atomic mass is 16.5. The number of aliphatic carboxylic acids is 1. The third-order valence-corrected chi connectivity index (χ3v) is 3.90. The third-order valence-electron chi connectivity index (χ3n) is 3.90. The van der Waals surface area contributed by atoms with E-state index >= 15 is 0 Å². The molecule has 1 fully saturated rings. The van der Waals surface area contributed by atoms with Crippen molar-refractivity contribution in [2.24, 2.45) is 0 Å². The van der Waals surface area contributed by atoms with Crippen molar-refractivity contribution in [1.29, 1.82) is 0 Å². The molecule has 7 nitrogen and oxygen atoms in total. The summed E-state index contributed by atoms with van der Waals surface area (Å²) in [5.41, 5.74) is 1.55. The van der Waals surface area contributed by atoms with Crippen molar-refractivity contribution in [3.8, 4) is 5.75 Å². The highest BCUT2D eigenvalue weighted by Crippen LogP contribution is 2.26. The van der Waals surface area contributed by atoms with Crippen molar-refractivity contribution < 1.29 is 19.4 Å². The molecule has 1 aliphatic heterocycles. The maximum atomic E-state index is 11.9.